The van der Waals surface area contributed by atoms with Gasteiger partial charge in [-0.25, -0.2) is 0 Å². The molecule has 1 saturated carbocycles. The first kappa shape index (κ1) is 12.5. The highest BCUT2D eigenvalue weighted by Crippen LogP contribution is 2.17. The molecule has 0 aliphatic heterocycles. The van der Waals surface area contributed by atoms with Gasteiger partial charge in [0.15, 0.2) is 0 Å². The van der Waals surface area contributed by atoms with Crippen molar-refractivity contribution in [3.8, 4) is 0 Å². The van der Waals surface area contributed by atoms with E-state index < -0.39 is 4.92 Å². The maximum atomic E-state index is 11.7. The lowest BCUT2D eigenvalue weighted by molar-refractivity contribution is -0.389. The van der Waals surface area contributed by atoms with Gasteiger partial charge in [-0.2, -0.15) is 4.68 Å². The fourth-order valence-corrected chi connectivity index (χ4v) is 2.20. The summed E-state index contributed by atoms with van der Waals surface area (Å²) in [7, 11) is 0. The van der Waals surface area contributed by atoms with Crippen molar-refractivity contribution in [3.63, 3.8) is 0 Å². The second-order valence-electron chi connectivity index (χ2n) is 4.53. The Hall–Kier alpha value is -1.92. The zero-order valence-electron chi connectivity index (χ0n) is 10.0. The molecule has 0 aromatic carbocycles. The number of nitrogens with zero attached hydrogens (tertiary/aromatic N) is 3. The van der Waals surface area contributed by atoms with E-state index in [0.29, 0.717) is 0 Å². The fourth-order valence-electron chi connectivity index (χ4n) is 2.20. The predicted molar refractivity (Wildman–Crippen MR) is 63.9 cm³/mol. The average molecular weight is 252 g/mol. The van der Waals surface area contributed by atoms with Crippen LogP contribution in [0.5, 0.6) is 0 Å². The van der Waals surface area contributed by atoms with E-state index in [1.54, 1.807) is 0 Å². The quantitative estimate of drug-likeness (QED) is 0.644. The summed E-state index contributed by atoms with van der Waals surface area (Å²) in [6.07, 6.45) is 7.02. The Bertz CT molecular complexity index is 437. The smallest absolute Gasteiger partial charge is 0.358 e. The lowest BCUT2D eigenvalue weighted by Crippen LogP contribution is -2.38. The van der Waals surface area contributed by atoms with Crippen molar-refractivity contribution in [3.05, 3.63) is 22.4 Å². The molecule has 7 heteroatoms. The van der Waals surface area contributed by atoms with Crippen LogP contribution in [0, 0.1) is 10.1 Å². The Labute approximate surface area is 104 Å². The Kier molecular flexibility index (Phi) is 3.91. The first-order valence-corrected chi connectivity index (χ1v) is 6.12. The van der Waals surface area contributed by atoms with Crippen LogP contribution in [-0.4, -0.2) is 26.7 Å². The van der Waals surface area contributed by atoms with Gasteiger partial charge in [0.05, 0.1) is 17.4 Å². The van der Waals surface area contributed by atoms with Crippen molar-refractivity contribution >= 4 is 11.7 Å². The molecule has 7 nitrogen and oxygen atoms in total. The minimum Gasteiger partial charge on any atom is -0.358 e. The van der Waals surface area contributed by atoms with Gasteiger partial charge in [-0.3, -0.25) is 4.79 Å². The van der Waals surface area contributed by atoms with E-state index in [1.807, 2.05) is 0 Å². The third-order valence-corrected chi connectivity index (χ3v) is 3.09. The second kappa shape index (κ2) is 5.61. The molecule has 0 radical (unpaired) electrons. The Balaban J connectivity index is 1.84. The highest BCUT2D eigenvalue weighted by Gasteiger charge is 2.18. The van der Waals surface area contributed by atoms with Gasteiger partial charge < -0.3 is 15.4 Å². The zero-order valence-corrected chi connectivity index (χ0v) is 10.0. The highest BCUT2D eigenvalue weighted by molar-refractivity contribution is 5.75. The molecular formula is C11H16N4O3. The maximum absolute atomic E-state index is 11.7. The molecule has 98 valence electrons. The van der Waals surface area contributed by atoms with Gasteiger partial charge in [0.25, 0.3) is 0 Å². The third-order valence-electron chi connectivity index (χ3n) is 3.09. The minimum absolute atomic E-state index is 0.0321. The van der Waals surface area contributed by atoms with E-state index in [9.17, 15) is 14.9 Å². The van der Waals surface area contributed by atoms with Gasteiger partial charge in [0.1, 0.15) is 6.54 Å². The summed E-state index contributed by atoms with van der Waals surface area (Å²) in [6.45, 7) is 0.0321. The van der Waals surface area contributed by atoms with Crippen LogP contribution >= 0.6 is 0 Å². The van der Waals surface area contributed by atoms with E-state index in [2.05, 4.69) is 10.4 Å². The van der Waals surface area contributed by atoms with E-state index in [-0.39, 0.29) is 24.3 Å². The first-order chi connectivity index (χ1) is 8.65. The standard InChI is InChI=1S/C11H16N4O3/c16-11(12-9-4-2-1-3-5-9)8-14-7-6-10(13-14)15(17)18/h6-7,9H,1-5,8H2,(H,12,16). The second-order valence-corrected chi connectivity index (χ2v) is 4.53. The van der Waals surface area contributed by atoms with Gasteiger partial charge >= 0.3 is 5.82 Å². The normalized spacial score (nSPS) is 16.4. The van der Waals surface area contributed by atoms with Crippen LogP contribution in [0.15, 0.2) is 12.3 Å². The molecule has 1 heterocycles. The number of carbonyl (C=O) groups is 1. The number of nitrogens with one attached hydrogen (secondary N) is 1. The third kappa shape index (κ3) is 3.28. The van der Waals surface area contributed by atoms with Crippen molar-refractivity contribution in [2.45, 2.75) is 44.7 Å². The van der Waals surface area contributed by atoms with Crippen LogP contribution in [-0.2, 0) is 11.3 Å². The average Bonchev–Trinajstić information content (AvgIpc) is 2.78. The summed E-state index contributed by atoms with van der Waals surface area (Å²) in [5.74, 6) is -0.375. The van der Waals surface area contributed by atoms with Crippen molar-refractivity contribution in [1.29, 1.82) is 0 Å². The molecule has 1 fully saturated rings. The Morgan fingerprint density at radius 2 is 2.22 bits per heavy atom. The minimum atomic E-state index is -0.574. The molecule has 1 amide bonds. The van der Waals surface area contributed by atoms with Crippen molar-refractivity contribution in [2.75, 3.05) is 0 Å². The molecule has 0 unspecified atom stereocenters. The molecule has 18 heavy (non-hydrogen) atoms. The molecule has 2 rings (SSSR count). The topological polar surface area (TPSA) is 90.1 Å². The molecule has 0 saturated heterocycles. The SMILES string of the molecule is O=C(Cn1ccc([N+](=O)[O-])n1)NC1CCCCC1. The number of hydrogen-bond donors (Lipinski definition) is 1. The molecule has 0 bridgehead atoms. The molecule has 1 aliphatic carbocycles. The van der Waals surface area contributed by atoms with Crippen molar-refractivity contribution < 1.29 is 9.72 Å². The molecule has 1 aromatic heterocycles. The monoisotopic (exact) mass is 252 g/mol. The summed E-state index contributed by atoms with van der Waals surface area (Å²) in [5, 5.41) is 17.1. The van der Waals surface area contributed by atoms with Crippen LogP contribution in [0.3, 0.4) is 0 Å². The summed E-state index contributed by atoms with van der Waals surface area (Å²) in [4.78, 5) is 21.6. The summed E-state index contributed by atoms with van der Waals surface area (Å²) in [6, 6.07) is 1.53. The number of rotatable bonds is 4. The van der Waals surface area contributed by atoms with Crippen molar-refractivity contribution in [1.82, 2.24) is 15.1 Å². The largest absolute Gasteiger partial charge is 0.389 e. The van der Waals surface area contributed by atoms with Crippen LogP contribution in [0.4, 0.5) is 5.82 Å². The molecular weight excluding hydrogens is 236 g/mol. The summed E-state index contributed by atoms with van der Waals surface area (Å²) in [5.41, 5.74) is 0. The number of amides is 1. The molecule has 1 aliphatic rings. The van der Waals surface area contributed by atoms with Gasteiger partial charge in [0, 0.05) is 6.04 Å². The number of hydrogen-bond acceptors (Lipinski definition) is 4. The highest BCUT2D eigenvalue weighted by atomic mass is 16.6. The molecule has 0 spiro atoms. The summed E-state index contributed by atoms with van der Waals surface area (Å²) >= 11 is 0. The van der Waals surface area contributed by atoms with Gasteiger partial charge in [-0.15, -0.1) is 0 Å². The summed E-state index contributed by atoms with van der Waals surface area (Å²) < 4.78 is 1.29. The van der Waals surface area contributed by atoms with Crippen LogP contribution in [0.25, 0.3) is 0 Å². The molecule has 1 aromatic rings. The lowest BCUT2D eigenvalue weighted by atomic mass is 9.95. The van der Waals surface area contributed by atoms with Gasteiger partial charge in [-0.1, -0.05) is 19.3 Å². The Morgan fingerprint density at radius 3 is 2.83 bits per heavy atom. The van der Waals surface area contributed by atoms with E-state index in [0.717, 1.165) is 25.7 Å². The van der Waals surface area contributed by atoms with E-state index in [4.69, 9.17) is 0 Å². The Morgan fingerprint density at radius 1 is 1.50 bits per heavy atom. The maximum Gasteiger partial charge on any atom is 0.389 e. The number of carbonyl (C=O) groups excluding carboxylic acids is 1. The van der Waals surface area contributed by atoms with Crippen LogP contribution < -0.4 is 5.32 Å². The predicted octanol–water partition coefficient (Wildman–Crippen LogP) is 1.24. The number of nitro groups is 1. The van der Waals surface area contributed by atoms with Gasteiger partial charge in [-0.05, 0) is 17.8 Å². The van der Waals surface area contributed by atoms with Gasteiger partial charge in [0.2, 0.25) is 5.91 Å². The first-order valence-electron chi connectivity index (χ1n) is 6.12. The van der Waals surface area contributed by atoms with Crippen molar-refractivity contribution in [2.24, 2.45) is 0 Å². The van der Waals surface area contributed by atoms with E-state index >= 15 is 0 Å². The molecule has 1 N–H and O–H groups in total. The van der Waals surface area contributed by atoms with Crippen LogP contribution in [0.2, 0.25) is 0 Å². The fraction of sp³-hybridized carbons (Fsp3) is 0.636. The van der Waals surface area contributed by atoms with Crippen LogP contribution in [0.1, 0.15) is 32.1 Å². The lowest BCUT2D eigenvalue weighted by Gasteiger charge is -2.22. The van der Waals surface area contributed by atoms with E-state index in [1.165, 1.54) is 23.4 Å². The zero-order chi connectivity index (χ0) is 13.0. The molecule has 0 atom stereocenters. The number of aromatic nitrogens is 2.